The molecular weight excluding hydrogens is 459 g/mol. The second-order valence-electron chi connectivity index (χ2n) is 6.18. The Kier molecular flexibility index (Phi) is 9.38. The number of pyridine rings is 1. The maximum atomic E-state index is 13.8. The molecule has 0 atom stereocenters. The molecule has 0 bridgehead atoms. The van der Waals surface area contributed by atoms with Crippen LogP contribution in [-0.2, 0) is 19.7 Å². The van der Waals surface area contributed by atoms with E-state index in [1.165, 1.54) is 11.6 Å². The van der Waals surface area contributed by atoms with Crippen LogP contribution in [0.4, 0.5) is 4.39 Å². The van der Waals surface area contributed by atoms with Crippen LogP contribution >= 0.6 is 15.9 Å². The molecule has 0 amide bonds. The largest absolute Gasteiger partial charge is 1.00 e. The van der Waals surface area contributed by atoms with E-state index < -0.39 is 0 Å². The van der Waals surface area contributed by atoms with Crippen LogP contribution in [0.3, 0.4) is 0 Å². The summed E-state index contributed by atoms with van der Waals surface area (Å²) in [5.41, 5.74) is 2.73. The van der Waals surface area contributed by atoms with E-state index in [1.807, 2.05) is 31.2 Å². The number of rotatable bonds is 9. The number of benzene rings is 2. The SMILES string of the molecule is CCOc1cc(CNCc2ccncc2)cc(Br)c1OCc1ccccc1F.[Cl-]. The number of nitrogens with zero attached hydrogens (tertiary/aromatic N) is 1. The lowest BCUT2D eigenvalue weighted by molar-refractivity contribution is -0.00000704. The first-order valence-corrected chi connectivity index (χ1v) is 9.87. The molecule has 7 heteroatoms. The molecule has 0 unspecified atom stereocenters. The third kappa shape index (κ3) is 6.70. The van der Waals surface area contributed by atoms with Crippen molar-refractivity contribution in [1.82, 2.24) is 10.3 Å². The van der Waals surface area contributed by atoms with Crippen LogP contribution in [0.25, 0.3) is 0 Å². The van der Waals surface area contributed by atoms with Crippen LogP contribution in [0, 0.1) is 5.82 Å². The first-order chi connectivity index (χ1) is 13.7. The van der Waals surface area contributed by atoms with E-state index in [4.69, 9.17) is 9.47 Å². The van der Waals surface area contributed by atoms with E-state index >= 15 is 0 Å². The van der Waals surface area contributed by atoms with Gasteiger partial charge in [-0.15, -0.1) is 0 Å². The van der Waals surface area contributed by atoms with Gasteiger partial charge in [0.2, 0.25) is 0 Å². The molecule has 154 valence electrons. The summed E-state index contributed by atoms with van der Waals surface area (Å²) < 4.78 is 26.3. The predicted octanol–water partition coefficient (Wildman–Crippen LogP) is 2.25. The van der Waals surface area contributed by atoms with Crippen LogP contribution in [0.1, 0.15) is 23.6 Å². The minimum atomic E-state index is -0.284. The number of hydrogen-bond donors (Lipinski definition) is 1. The third-order valence-corrected chi connectivity index (χ3v) is 4.70. The standard InChI is InChI=1S/C22H22BrFN2O2.ClH/c1-2-27-21-12-17(14-26-13-16-7-9-25-10-8-16)11-19(23)22(21)28-15-18-5-3-4-6-20(18)24;/h3-12,26H,2,13-15H2,1H3;1H/p-1. The Morgan fingerprint density at radius 1 is 1.00 bits per heavy atom. The summed E-state index contributed by atoms with van der Waals surface area (Å²) in [5.74, 6) is 0.922. The number of nitrogens with one attached hydrogen (secondary N) is 1. The molecule has 0 spiro atoms. The van der Waals surface area contributed by atoms with E-state index in [2.05, 4.69) is 26.2 Å². The molecule has 0 radical (unpaired) electrons. The number of hydrogen-bond acceptors (Lipinski definition) is 4. The van der Waals surface area contributed by atoms with Gasteiger partial charge in [0.15, 0.2) is 11.5 Å². The van der Waals surface area contributed by atoms with Gasteiger partial charge in [-0.2, -0.15) is 0 Å². The van der Waals surface area contributed by atoms with Crippen molar-refractivity contribution < 1.29 is 26.3 Å². The minimum absolute atomic E-state index is 0. The topological polar surface area (TPSA) is 43.4 Å². The highest BCUT2D eigenvalue weighted by Crippen LogP contribution is 2.37. The van der Waals surface area contributed by atoms with Gasteiger partial charge >= 0.3 is 0 Å². The lowest BCUT2D eigenvalue weighted by Crippen LogP contribution is -3.00. The highest BCUT2D eigenvalue weighted by atomic mass is 79.9. The maximum Gasteiger partial charge on any atom is 0.175 e. The normalized spacial score (nSPS) is 10.3. The van der Waals surface area contributed by atoms with Crippen molar-refractivity contribution in [1.29, 1.82) is 0 Å². The summed E-state index contributed by atoms with van der Waals surface area (Å²) in [4.78, 5) is 4.02. The van der Waals surface area contributed by atoms with E-state index in [-0.39, 0.29) is 24.8 Å². The number of aromatic nitrogens is 1. The molecule has 29 heavy (non-hydrogen) atoms. The smallest absolute Gasteiger partial charge is 0.175 e. The lowest BCUT2D eigenvalue weighted by Gasteiger charge is -2.16. The van der Waals surface area contributed by atoms with E-state index in [1.54, 1.807) is 30.6 Å². The predicted molar refractivity (Wildman–Crippen MR) is 111 cm³/mol. The number of ether oxygens (including phenoxy) is 2. The third-order valence-electron chi connectivity index (χ3n) is 4.11. The van der Waals surface area contributed by atoms with Crippen molar-refractivity contribution in [2.24, 2.45) is 0 Å². The molecule has 1 aromatic heterocycles. The summed E-state index contributed by atoms with van der Waals surface area (Å²) in [5, 5.41) is 3.40. The zero-order valence-electron chi connectivity index (χ0n) is 16.0. The first kappa shape index (κ1) is 23.1. The molecule has 0 saturated heterocycles. The molecule has 2 aromatic carbocycles. The second kappa shape index (κ2) is 11.8. The molecule has 4 nitrogen and oxygen atoms in total. The molecule has 1 N–H and O–H groups in total. The van der Waals surface area contributed by atoms with Crippen molar-refractivity contribution in [3.05, 3.63) is 87.9 Å². The lowest BCUT2D eigenvalue weighted by atomic mass is 10.2. The Hall–Kier alpha value is -2.15. The fourth-order valence-corrected chi connectivity index (χ4v) is 3.35. The van der Waals surface area contributed by atoms with Gasteiger partial charge in [0.25, 0.3) is 0 Å². The fraction of sp³-hybridized carbons (Fsp3) is 0.227. The summed E-state index contributed by atoms with van der Waals surface area (Å²) in [6.07, 6.45) is 3.56. The van der Waals surface area contributed by atoms with Crippen LogP contribution in [-0.4, -0.2) is 11.6 Å². The van der Waals surface area contributed by atoms with Gasteiger partial charge in [0, 0.05) is 31.0 Å². The van der Waals surface area contributed by atoms with Crippen molar-refractivity contribution in [2.45, 2.75) is 26.6 Å². The van der Waals surface area contributed by atoms with Crippen LogP contribution < -0.4 is 27.2 Å². The Morgan fingerprint density at radius 2 is 1.72 bits per heavy atom. The van der Waals surface area contributed by atoms with Gasteiger partial charge in [0.05, 0.1) is 11.1 Å². The fourth-order valence-electron chi connectivity index (χ4n) is 2.74. The zero-order chi connectivity index (χ0) is 19.8. The summed E-state index contributed by atoms with van der Waals surface area (Å²) >= 11 is 3.56. The quantitative estimate of drug-likeness (QED) is 0.510. The average Bonchev–Trinajstić information content (AvgIpc) is 2.70. The van der Waals surface area contributed by atoms with Gasteiger partial charge in [-0.1, -0.05) is 18.2 Å². The van der Waals surface area contributed by atoms with E-state index in [9.17, 15) is 4.39 Å². The van der Waals surface area contributed by atoms with Gasteiger partial charge in [-0.25, -0.2) is 4.39 Å². The molecule has 0 aliphatic carbocycles. The summed E-state index contributed by atoms with van der Waals surface area (Å²) in [6.45, 7) is 3.98. The Morgan fingerprint density at radius 3 is 2.45 bits per heavy atom. The second-order valence-corrected chi connectivity index (χ2v) is 7.03. The van der Waals surface area contributed by atoms with Crippen molar-refractivity contribution in [3.8, 4) is 11.5 Å². The maximum absolute atomic E-state index is 13.8. The molecule has 0 fully saturated rings. The van der Waals surface area contributed by atoms with Crippen LogP contribution in [0.15, 0.2) is 65.4 Å². The van der Waals surface area contributed by atoms with Gasteiger partial charge in [-0.05, 0) is 64.3 Å². The van der Waals surface area contributed by atoms with Gasteiger partial charge in [-0.3, -0.25) is 4.98 Å². The molecule has 3 rings (SSSR count). The molecule has 0 aliphatic rings. The van der Waals surface area contributed by atoms with Gasteiger partial charge < -0.3 is 27.2 Å². The Balaban J connectivity index is 0.00000300. The molecule has 1 heterocycles. The van der Waals surface area contributed by atoms with E-state index in [0.29, 0.717) is 30.2 Å². The molecular formula is C22H22BrClFN2O2-. The molecule has 0 saturated carbocycles. The van der Waals surface area contributed by atoms with Crippen molar-refractivity contribution in [3.63, 3.8) is 0 Å². The average molecular weight is 481 g/mol. The monoisotopic (exact) mass is 479 g/mol. The van der Waals surface area contributed by atoms with Crippen LogP contribution in [0.2, 0.25) is 0 Å². The summed E-state index contributed by atoms with van der Waals surface area (Å²) in [7, 11) is 0. The first-order valence-electron chi connectivity index (χ1n) is 9.08. The highest BCUT2D eigenvalue weighted by molar-refractivity contribution is 9.10. The van der Waals surface area contributed by atoms with Crippen molar-refractivity contribution in [2.75, 3.05) is 6.61 Å². The molecule has 0 aliphatic heterocycles. The number of halogens is 3. The minimum Gasteiger partial charge on any atom is -1.00 e. The Bertz CT molecular complexity index is 913. The summed E-state index contributed by atoms with van der Waals surface area (Å²) in [6, 6.07) is 14.5. The Labute approximate surface area is 185 Å². The highest BCUT2D eigenvalue weighted by Gasteiger charge is 2.13. The van der Waals surface area contributed by atoms with E-state index in [0.717, 1.165) is 16.6 Å². The van der Waals surface area contributed by atoms with Crippen molar-refractivity contribution >= 4 is 15.9 Å². The zero-order valence-corrected chi connectivity index (χ0v) is 18.3. The van der Waals surface area contributed by atoms with Crippen LogP contribution in [0.5, 0.6) is 11.5 Å². The van der Waals surface area contributed by atoms with Gasteiger partial charge in [0.1, 0.15) is 12.4 Å². The molecule has 3 aromatic rings.